The van der Waals surface area contributed by atoms with Crippen LogP contribution in [-0.2, 0) is 0 Å². The van der Waals surface area contributed by atoms with Crippen LogP contribution >= 0.6 is 0 Å². The first-order valence-electron chi connectivity index (χ1n) is 47.5. The lowest BCUT2D eigenvalue weighted by atomic mass is 10.1. The number of aromatic nitrogens is 5. The number of para-hydroxylation sites is 7. The van der Waals surface area contributed by atoms with Crippen LogP contribution in [0.4, 0.5) is 17.1 Å². The van der Waals surface area contributed by atoms with E-state index in [-0.39, 0.29) is 0 Å². The summed E-state index contributed by atoms with van der Waals surface area (Å²) in [5.74, 6) is 0. The Morgan fingerprint density at radius 2 is 0.469 bits per heavy atom. The van der Waals surface area contributed by atoms with Crippen LogP contribution in [0.3, 0.4) is 0 Å². The Labute approximate surface area is 817 Å². The van der Waals surface area contributed by atoms with Crippen molar-refractivity contribution in [2.24, 2.45) is 0 Å². The summed E-state index contributed by atoms with van der Waals surface area (Å²) in [6, 6.07) is 140. The highest BCUT2D eigenvalue weighted by Crippen LogP contribution is 2.46. The monoisotopic (exact) mass is 1840 g/mol. The van der Waals surface area contributed by atoms with Gasteiger partial charge in [-0.05, 0) is 264 Å². The van der Waals surface area contributed by atoms with Crippen molar-refractivity contribution in [2.45, 2.75) is 34.6 Å². The summed E-state index contributed by atoms with van der Waals surface area (Å²) in [7, 11) is 0. The molecule has 30 rings (SSSR count). The van der Waals surface area contributed by atoms with Crippen molar-refractivity contribution < 1.29 is 22.1 Å². The smallest absolute Gasteiger partial charge is 0.197 e. The zero-order chi connectivity index (χ0) is 96.1. The Hall–Kier alpha value is -19.6. The van der Waals surface area contributed by atoms with Gasteiger partial charge in [-0.15, -0.1) is 0 Å². The van der Waals surface area contributed by atoms with Crippen molar-refractivity contribution in [3.63, 3.8) is 0 Å². The molecule has 672 valence electrons. The number of benzene rings is 20. The number of hydrogen-bond acceptors (Lipinski definition) is 6. The fourth-order valence-corrected chi connectivity index (χ4v) is 21.7. The molecule has 30 aromatic rings. The molecule has 143 heavy (non-hydrogen) atoms. The summed E-state index contributed by atoms with van der Waals surface area (Å²) in [6.45, 7) is 32.9. The van der Waals surface area contributed by atoms with Crippen LogP contribution in [0.2, 0.25) is 0 Å². The van der Waals surface area contributed by atoms with Crippen molar-refractivity contribution in [3.8, 4) is 34.5 Å². The van der Waals surface area contributed by atoms with Crippen molar-refractivity contribution in [3.05, 3.63) is 468 Å². The van der Waals surface area contributed by atoms with Crippen molar-refractivity contribution in [1.82, 2.24) is 22.8 Å². The van der Waals surface area contributed by atoms with Gasteiger partial charge in [0.2, 0.25) is 0 Å². The highest BCUT2D eigenvalue weighted by atomic mass is 16.3. The van der Waals surface area contributed by atoms with E-state index in [1.54, 1.807) is 0 Å². The molecule has 14 heteroatoms. The van der Waals surface area contributed by atoms with Gasteiger partial charge < -0.3 is 44.9 Å². The van der Waals surface area contributed by atoms with Crippen molar-refractivity contribution in [1.29, 1.82) is 5.26 Å². The molecule has 0 radical (unpaired) electrons. The minimum Gasteiger partial charge on any atom is -0.456 e. The molecule has 0 saturated heterocycles. The van der Waals surface area contributed by atoms with Gasteiger partial charge in [0, 0.05) is 136 Å². The molecular weight excluding hydrogens is 1760 g/mol. The number of hydrogen-bond donors (Lipinski definition) is 0. The molecule has 20 aromatic carbocycles. The van der Waals surface area contributed by atoms with Gasteiger partial charge in [-0.1, -0.05) is 210 Å². The van der Waals surface area contributed by atoms with E-state index in [1.165, 1.54) is 60.4 Å². The Morgan fingerprint density at radius 3 is 0.839 bits per heavy atom. The topological polar surface area (TPSA) is 127 Å². The largest absolute Gasteiger partial charge is 0.456 e. The molecule has 0 amide bonds. The number of fused-ring (bicyclic) bond motifs is 30. The molecule has 0 bridgehead atoms. The summed E-state index contributed by atoms with van der Waals surface area (Å²) in [5.41, 5.74) is 34.2. The lowest BCUT2D eigenvalue weighted by molar-refractivity contribution is 0.668. The van der Waals surface area contributed by atoms with Gasteiger partial charge in [-0.2, -0.15) is 5.26 Å². The summed E-state index contributed by atoms with van der Waals surface area (Å²) in [5, 5.41) is 32.5. The second-order valence-corrected chi connectivity index (χ2v) is 36.9. The molecule has 14 nitrogen and oxygen atoms in total. The van der Waals surface area contributed by atoms with Crippen LogP contribution in [0.1, 0.15) is 33.4 Å². The highest BCUT2D eigenvalue weighted by Gasteiger charge is 2.24. The fraction of sp³-hybridized carbons (Fsp3) is 0.0388. The number of aryl methyl sites for hydroxylation is 5. The molecule has 0 saturated carbocycles. The van der Waals surface area contributed by atoms with Crippen LogP contribution < -0.4 is 0 Å². The van der Waals surface area contributed by atoms with Crippen LogP contribution in [0.15, 0.2) is 422 Å². The molecule has 10 aromatic heterocycles. The number of nitrogens with zero attached hydrogens (tertiary/aromatic N) is 9. The van der Waals surface area contributed by atoms with Gasteiger partial charge in [-0.3, -0.25) is 0 Å². The molecule has 0 unspecified atom stereocenters. The maximum absolute atomic E-state index is 9.76. The predicted octanol–water partition coefficient (Wildman–Crippen LogP) is 36.5. The second-order valence-electron chi connectivity index (χ2n) is 36.9. The van der Waals surface area contributed by atoms with E-state index < -0.39 is 0 Å². The molecule has 0 aliphatic heterocycles. The predicted molar refractivity (Wildman–Crippen MR) is 587 cm³/mol. The van der Waals surface area contributed by atoms with Gasteiger partial charge in [0.25, 0.3) is 0 Å². The summed E-state index contributed by atoms with van der Waals surface area (Å²) in [4.78, 5) is 11.0. The van der Waals surface area contributed by atoms with Crippen LogP contribution in [-0.4, -0.2) is 22.8 Å². The number of rotatable bonds is 5. The first kappa shape index (κ1) is 83.9. The van der Waals surface area contributed by atoms with E-state index >= 15 is 0 Å². The Bertz CT molecular complexity index is 10600. The van der Waals surface area contributed by atoms with Gasteiger partial charge in [0.15, 0.2) is 17.1 Å². The average Bonchev–Trinajstić information content (AvgIpc) is 1.59. The third-order valence-electron chi connectivity index (χ3n) is 28.1. The van der Waals surface area contributed by atoms with E-state index in [4.69, 9.17) is 41.8 Å². The fourth-order valence-electron chi connectivity index (χ4n) is 21.7. The molecular formula is C129H81N9O5. The van der Waals surface area contributed by atoms with E-state index in [1.807, 2.05) is 133 Å². The first-order chi connectivity index (χ1) is 70.2. The van der Waals surface area contributed by atoms with Crippen LogP contribution in [0.25, 0.3) is 262 Å². The molecule has 0 aliphatic rings. The summed E-state index contributed by atoms with van der Waals surface area (Å²) >= 11 is 0. The van der Waals surface area contributed by atoms with Crippen molar-refractivity contribution >= 4 is 236 Å². The third kappa shape index (κ3) is 13.8. The normalized spacial score (nSPS) is 11.6. The average molecular weight is 1840 g/mol. The van der Waals surface area contributed by atoms with E-state index in [9.17, 15) is 5.26 Å². The van der Waals surface area contributed by atoms with Crippen LogP contribution in [0.5, 0.6) is 0 Å². The van der Waals surface area contributed by atoms with Gasteiger partial charge >= 0.3 is 0 Å². The van der Waals surface area contributed by atoms with E-state index in [2.05, 4.69) is 345 Å². The molecule has 0 spiro atoms. The minimum atomic E-state index is 0.645. The molecule has 0 atom stereocenters. The van der Waals surface area contributed by atoms with Gasteiger partial charge in [0.1, 0.15) is 61.9 Å². The Balaban J connectivity index is 0.0000000914. The lowest BCUT2D eigenvalue weighted by Crippen LogP contribution is -1.95. The van der Waals surface area contributed by atoms with Gasteiger partial charge in [0.05, 0.1) is 69.4 Å². The molecule has 0 fully saturated rings. The zero-order valence-electron chi connectivity index (χ0n) is 78.2. The SMILES string of the molecule is Cc1ccc2oc3ccc(-n4c5ccccc5c5cccc(C#N)c54)cc3c2c1.Cc1ccc2oc3ccc(-n4c5ccccc5c5ccccc54)cc3c2c1.[C-]#[N+]c1ccc2c(c1)c1ccccc1n2-c1ccc2oc3ccc(C)cc3c2c1.[C-]#[N+]c1ccc2c3ccccc3n(-c3ccc4oc5ccc(C)cc5c4c3)c2c1.[C-]#[N+]c1cccc2c1c1ccccc1n2-c1ccc2oc3ccc(C)cc3c2c1. The summed E-state index contributed by atoms with van der Waals surface area (Å²) < 4.78 is 41.5. The maximum Gasteiger partial charge on any atom is 0.197 e. The van der Waals surface area contributed by atoms with Crippen LogP contribution in [0, 0.1) is 65.7 Å². The highest BCUT2D eigenvalue weighted by molar-refractivity contribution is 6.19. The minimum absolute atomic E-state index is 0.645. The third-order valence-corrected chi connectivity index (χ3v) is 28.1. The molecule has 0 N–H and O–H groups in total. The quantitative estimate of drug-likeness (QED) is 0.158. The molecule has 0 aliphatic carbocycles. The van der Waals surface area contributed by atoms with Gasteiger partial charge in [-0.25, -0.2) is 14.5 Å². The Kier molecular flexibility index (Phi) is 19.6. The zero-order valence-corrected chi connectivity index (χ0v) is 78.2. The first-order valence-corrected chi connectivity index (χ1v) is 47.5. The van der Waals surface area contributed by atoms with E-state index in [0.29, 0.717) is 22.6 Å². The maximum atomic E-state index is 9.76. The van der Waals surface area contributed by atoms with Crippen molar-refractivity contribution in [2.75, 3.05) is 0 Å². The summed E-state index contributed by atoms with van der Waals surface area (Å²) in [6.07, 6.45) is 0. The molecule has 10 heterocycles. The second kappa shape index (κ2) is 33.4. The standard InChI is InChI=1S/4C26H16N2O.C25H17NO/c1-16-10-12-24-19(14-16)20-15-17(11-13-25(20)29-24)28-22-8-4-3-6-18(22)26-21(27-2)7-5-9-23(26)28;1-16-7-11-25-21(13-16)22-15-18(9-12-26(22)29-25)28-23-6-4-3-5-19(23)20-14-17(27-2)8-10-24(20)28;1-16-7-11-25-21(13-16)22-15-18(9-12-26(22)29-25)28-23-6-4-3-5-19(23)20-10-8-17(27-2)14-24(20)28;1-16-9-11-24-21(13-16)22-14-18(10-12-25(22)29-24)28-23-8-3-2-6-19(23)20-7-4-5-17(15-27)26(20)28;1-16-10-12-24-20(14-16)21-15-17(11-13-25(21)27-24)26-22-8-4-2-6-18(22)19-7-3-5-9-23(19)26/h3*3-15H,1H3;2-14H,1H3;2-15H,1H3. The number of nitriles is 1. The number of furan rings is 5. The Morgan fingerprint density at radius 1 is 0.203 bits per heavy atom. The van der Waals surface area contributed by atoms with E-state index in [0.717, 1.165) is 215 Å². The lowest BCUT2D eigenvalue weighted by Gasteiger charge is -2.09.